The highest BCUT2D eigenvalue weighted by Gasteiger charge is 2.23. The van der Waals surface area contributed by atoms with E-state index in [-0.39, 0.29) is 18.4 Å². The quantitative estimate of drug-likeness (QED) is 0.434. The predicted molar refractivity (Wildman–Crippen MR) is 127 cm³/mol. The van der Waals surface area contributed by atoms with Crippen LogP contribution in [0.1, 0.15) is 16.7 Å². The predicted octanol–water partition coefficient (Wildman–Crippen LogP) is 3.15. The second-order valence-corrected chi connectivity index (χ2v) is 7.57. The summed E-state index contributed by atoms with van der Waals surface area (Å²) < 4.78 is 0. The molecular formula is C27H28N2O3. The van der Waals surface area contributed by atoms with Crippen LogP contribution in [0, 0.1) is 0 Å². The van der Waals surface area contributed by atoms with Crippen molar-refractivity contribution in [1.29, 1.82) is 0 Å². The molecule has 0 spiro atoms. The molecule has 0 saturated carbocycles. The van der Waals surface area contributed by atoms with E-state index in [9.17, 15) is 14.7 Å². The van der Waals surface area contributed by atoms with Crippen molar-refractivity contribution in [3.05, 3.63) is 114 Å². The summed E-state index contributed by atoms with van der Waals surface area (Å²) in [7, 11) is 0. The van der Waals surface area contributed by atoms with Crippen LogP contribution in [0.5, 0.6) is 0 Å². The lowest BCUT2D eigenvalue weighted by atomic mass is 10.0. The van der Waals surface area contributed by atoms with Crippen molar-refractivity contribution < 1.29 is 14.7 Å². The molecule has 0 aliphatic carbocycles. The van der Waals surface area contributed by atoms with Gasteiger partial charge in [0, 0.05) is 12.5 Å². The summed E-state index contributed by atoms with van der Waals surface area (Å²) in [4.78, 5) is 25.6. The van der Waals surface area contributed by atoms with Crippen LogP contribution in [-0.2, 0) is 22.4 Å². The van der Waals surface area contributed by atoms with Gasteiger partial charge in [-0.15, -0.1) is 0 Å². The fourth-order valence-corrected chi connectivity index (χ4v) is 3.38. The number of hydrogen-bond donors (Lipinski definition) is 3. The number of rotatable bonds is 10. The van der Waals surface area contributed by atoms with Crippen molar-refractivity contribution >= 4 is 17.9 Å². The van der Waals surface area contributed by atoms with Crippen molar-refractivity contribution in [1.82, 2.24) is 10.6 Å². The molecule has 2 amide bonds. The molecule has 5 heteroatoms. The molecule has 0 aliphatic rings. The number of nitrogens with one attached hydrogen (secondary N) is 2. The standard InChI is InChI=1S/C27H28N2O3/c30-20-24(18-22-12-6-2-7-13-22)28-27(32)25(19-23-14-8-3-9-15-23)29-26(31)17-16-21-10-4-1-5-11-21/h1-17,24-25,30H,18-20H2,(H,28,32)(H,29,31)/b17-16+/t24-,25-/m0/s1. The van der Waals surface area contributed by atoms with E-state index in [1.54, 1.807) is 6.08 Å². The van der Waals surface area contributed by atoms with Gasteiger partial charge in [-0.05, 0) is 29.2 Å². The molecule has 3 rings (SSSR count). The van der Waals surface area contributed by atoms with Gasteiger partial charge in [-0.3, -0.25) is 9.59 Å². The van der Waals surface area contributed by atoms with Crippen LogP contribution >= 0.6 is 0 Å². The molecule has 0 heterocycles. The van der Waals surface area contributed by atoms with Crippen LogP contribution in [-0.4, -0.2) is 35.6 Å². The normalized spacial score (nSPS) is 12.8. The summed E-state index contributed by atoms with van der Waals surface area (Å²) in [6, 6.07) is 27.5. The molecule has 0 radical (unpaired) electrons. The topological polar surface area (TPSA) is 78.4 Å². The highest BCUT2D eigenvalue weighted by atomic mass is 16.3. The number of carbonyl (C=O) groups excluding carboxylic acids is 2. The number of aliphatic hydroxyl groups is 1. The fourth-order valence-electron chi connectivity index (χ4n) is 3.38. The Labute approximate surface area is 188 Å². The largest absolute Gasteiger partial charge is 0.394 e. The molecule has 32 heavy (non-hydrogen) atoms. The summed E-state index contributed by atoms with van der Waals surface area (Å²) in [5.41, 5.74) is 2.85. The molecule has 3 N–H and O–H groups in total. The Hall–Kier alpha value is -3.70. The minimum atomic E-state index is -0.768. The van der Waals surface area contributed by atoms with Gasteiger partial charge >= 0.3 is 0 Å². The lowest BCUT2D eigenvalue weighted by molar-refractivity contribution is -0.127. The second kappa shape index (κ2) is 12.2. The first-order chi connectivity index (χ1) is 15.6. The van der Waals surface area contributed by atoms with Gasteiger partial charge in [0.25, 0.3) is 0 Å². The van der Waals surface area contributed by atoms with Crippen LogP contribution in [0.3, 0.4) is 0 Å². The van der Waals surface area contributed by atoms with Gasteiger partial charge in [0.15, 0.2) is 0 Å². The molecule has 0 unspecified atom stereocenters. The Bertz CT molecular complexity index is 1000. The van der Waals surface area contributed by atoms with Crippen LogP contribution < -0.4 is 10.6 Å². The summed E-state index contributed by atoms with van der Waals surface area (Å²) >= 11 is 0. The maximum atomic E-state index is 13.1. The number of carbonyl (C=O) groups is 2. The van der Waals surface area contributed by atoms with Gasteiger partial charge in [0.1, 0.15) is 6.04 Å². The van der Waals surface area contributed by atoms with Crippen molar-refractivity contribution in [3.63, 3.8) is 0 Å². The Morgan fingerprint density at radius 1 is 0.750 bits per heavy atom. The van der Waals surface area contributed by atoms with E-state index in [1.165, 1.54) is 6.08 Å². The van der Waals surface area contributed by atoms with Gasteiger partial charge in [-0.2, -0.15) is 0 Å². The Morgan fingerprint density at radius 2 is 1.28 bits per heavy atom. The fraction of sp³-hybridized carbons (Fsp3) is 0.185. The summed E-state index contributed by atoms with van der Waals surface area (Å²) in [6.45, 7) is -0.194. The minimum absolute atomic E-state index is 0.194. The lowest BCUT2D eigenvalue weighted by Crippen LogP contribution is -2.51. The zero-order chi connectivity index (χ0) is 22.6. The number of benzene rings is 3. The second-order valence-electron chi connectivity index (χ2n) is 7.57. The Morgan fingerprint density at radius 3 is 1.84 bits per heavy atom. The molecule has 3 aromatic rings. The third kappa shape index (κ3) is 7.52. The monoisotopic (exact) mass is 428 g/mol. The number of aliphatic hydroxyl groups excluding tert-OH is 1. The van der Waals surface area contributed by atoms with Crippen molar-refractivity contribution in [2.45, 2.75) is 24.9 Å². The van der Waals surface area contributed by atoms with E-state index >= 15 is 0 Å². The van der Waals surface area contributed by atoms with Crippen LogP contribution in [0.2, 0.25) is 0 Å². The van der Waals surface area contributed by atoms with Crippen molar-refractivity contribution in [3.8, 4) is 0 Å². The molecule has 0 aliphatic heterocycles. The molecule has 2 atom stereocenters. The first-order valence-corrected chi connectivity index (χ1v) is 10.7. The molecule has 0 saturated heterocycles. The molecule has 5 nitrogen and oxygen atoms in total. The molecular weight excluding hydrogens is 400 g/mol. The molecule has 0 bridgehead atoms. The van der Waals surface area contributed by atoms with Crippen molar-refractivity contribution in [2.75, 3.05) is 6.61 Å². The third-order valence-corrected chi connectivity index (χ3v) is 5.03. The van der Waals surface area contributed by atoms with Crippen molar-refractivity contribution in [2.24, 2.45) is 0 Å². The maximum absolute atomic E-state index is 13.1. The van der Waals surface area contributed by atoms with Crippen LogP contribution in [0.25, 0.3) is 6.08 Å². The third-order valence-electron chi connectivity index (χ3n) is 5.03. The van der Waals surface area contributed by atoms with Crippen LogP contribution in [0.4, 0.5) is 0 Å². The van der Waals surface area contributed by atoms with Gasteiger partial charge in [0.05, 0.1) is 12.6 Å². The van der Waals surface area contributed by atoms with E-state index in [1.807, 2.05) is 91.0 Å². The molecule has 164 valence electrons. The number of amides is 2. The summed E-state index contributed by atoms with van der Waals surface area (Å²) in [5, 5.41) is 15.5. The molecule has 0 fully saturated rings. The Kier molecular flexibility index (Phi) is 8.78. The zero-order valence-corrected chi connectivity index (χ0v) is 17.9. The Balaban J connectivity index is 1.68. The summed E-state index contributed by atoms with van der Waals surface area (Å²) in [6.07, 6.45) is 3.98. The molecule has 0 aromatic heterocycles. The van der Waals surface area contributed by atoms with Gasteiger partial charge in [-0.1, -0.05) is 91.0 Å². The highest BCUT2D eigenvalue weighted by molar-refractivity contribution is 5.95. The first kappa shape index (κ1) is 23.0. The van der Waals surface area contributed by atoms with Gasteiger partial charge in [0.2, 0.25) is 11.8 Å². The lowest BCUT2D eigenvalue weighted by Gasteiger charge is -2.22. The SMILES string of the molecule is O=C(/C=C/c1ccccc1)N[C@@H](Cc1ccccc1)C(=O)N[C@H](CO)Cc1ccccc1. The highest BCUT2D eigenvalue weighted by Crippen LogP contribution is 2.07. The van der Waals surface area contributed by atoms with E-state index in [2.05, 4.69) is 10.6 Å². The van der Waals surface area contributed by atoms with E-state index in [4.69, 9.17) is 0 Å². The maximum Gasteiger partial charge on any atom is 0.244 e. The van der Waals surface area contributed by atoms with Gasteiger partial charge < -0.3 is 15.7 Å². The van der Waals surface area contributed by atoms with E-state index in [0.29, 0.717) is 12.8 Å². The smallest absolute Gasteiger partial charge is 0.244 e. The van der Waals surface area contributed by atoms with Gasteiger partial charge in [-0.25, -0.2) is 0 Å². The molecule has 3 aromatic carbocycles. The van der Waals surface area contributed by atoms with Crippen LogP contribution in [0.15, 0.2) is 97.1 Å². The average Bonchev–Trinajstić information content (AvgIpc) is 2.84. The average molecular weight is 429 g/mol. The minimum Gasteiger partial charge on any atom is -0.394 e. The summed E-state index contributed by atoms with van der Waals surface area (Å²) in [5.74, 6) is -0.682. The van der Waals surface area contributed by atoms with E-state index in [0.717, 1.165) is 16.7 Å². The van der Waals surface area contributed by atoms with E-state index < -0.39 is 12.1 Å². The first-order valence-electron chi connectivity index (χ1n) is 10.7. The number of hydrogen-bond acceptors (Lipinski definition) is 3. The zero-order valence-electron chi connectivity index (χ0n) is 17.9.